The summed E-state index contributed by atoms with van der Waals surface area (Å²) < 4.78 is 25.0. The Hall–Kier alpha value is -3.40. The van der Waals surface area contributed by atoms with Crippen LogP contribution in [0.3, 0.4) is 0 Å². The smallest absolute Gasteiger partial charge is 0.252 e. The van der Waals surface area contributed by atoms with Gasteiger partial charge in [0.05, 0.1) is 11.6 Å². The van der Waals surface area contributed by atoms with Crippen LogP contribution in [0.25, 0.3) is 0 Å². The number of carbonyl (C=O) groups is 2. The first-order valence-corrected chi connectivity index (χ1v) is 8.05. The number of anilines is 3. The number of hydrogen-bond acceptors (Lipinski definition) is 8. The van der Waals surface area contributed by atoms with Gasteiger partial charge in [0.2, 0.25) is 6.79 Å². The number of nitrogens with two attached hydrogens (primary N) is 2. The van der Waals surface area contributed by atoms with Crippen LogP contribution in [0.4, 0.5) is 21.7 Å². The Morgan fingerprint density at radius 3 is 2.85 bits per heavy atom. The maximum Gasteiger partial charge on any atom is 0.252 e. The van der Waals surface area contributed by atoms with Gasteiger partial charge in [0.1, 0.15) is 12.1 Å². The van der Waals surface area contributed by atoms with Crippen molar-refractivity contribution in [3.8, 4) is 11.5 Å². The van der Waals surface area contributed by atoms with Gasteiger partial charge in [-0.2, -0.15) is 0 Å². The van der Waals surface area contributed by atoms with Crippen molar-refractivity contribution in [1.29, 1.82) is 0 Å². The van der Waals surface area contributed by atoms with Crippen molar-refractivity contribution in [2.75, 3.05) is 17.1 Å². The summed E-state index contributed by atoms with van der Waals surface area (Å²) >= 11 is 0. The number of benzene rings is 1. The summed E-state index contributed by atoms with van der Waals surface area (Å²) in [5.74, 6) is 5.08. The predicted molar refractivity (Wildman–Crippen MR) is 95.4 cm³/mol. The molecule has 3 rings (SSSR count). The molecule has 0 bridgehead atoms. The molecule has 1 aliphatic heterocycles. The van der Waals surface area contributed by atoms with E-state index in [1.54, 1.807) is 25.1 Å². The normalized spacial score (nSPS) is 13.1. The molecule has 1 aromatic carbocycles. The Kier molecular flexibility index (Phi) is 5.08. The molecule has 5 N–H and O–H groups in total. The Morgan fingerprint density at radius 1 is 1.41 bits per heavy atom. The average molecular weight is 375 g/mol. The molecule has 0 fully saturated rings. The van der Waals surface area contributed by atoms with E-state index in [-0.39, 0.29) is 30.4 Å². The van der Waals surface area contributed by atoms with Crippen molar-refractivity contribution < 1.29 is 23.5 Å². The lowest BCUT2D eigenvalue weighted by Crippen LogP contribution is -2.41. The standard InChI is InChI=1S/C17H18FN5O4/c1-9(4-5-24)23(20)17-12(18)7-11(15(19)25)16(22-17)21-10-2-3-13-14(6-10)27-8-26-13/h2-3,5-7,9H,4,8,20H2,1H3,(H2,19,25)(H,21,22). The van der Waals surface area contributed by atoms with Gasteiger partial charge < -0.3 is 25.3 Å². The summed E-state index contributed by atoms with van der Waals surface area (Å²) in [4.78, 5) is 26.5. The molecule has 10 heteroatoms. The summed E-state index contributed by atoms with van der Waals surface area (Å²) in [7, 11) is 0. The van der Waals surface area contributed by atoms with Crippen LogP contribution in [0.2, 0.25) is 0 Å². The second-order valence-electron chi connectivity index (χ2n) is 5.91. The lowest BCUT2D eigenvalue weighted by Gasteiger charge is -2.25. The van der Waals surface area contributed by atoms with Crippen LogP contribution in [0.1, 0.15) is 23.7 Å². The summed E-state index contributed by atoms with van der Waals surface area (Å²) in [6.07, 6.45) is 0.756. The molecule has 1 unspecified atom stereocenters. The van der Waals surface area contributed by atoms with E-state index in [0.29, 0.717) is 23.5 Å². The van der Waals surface area contributed by atoms with Crippen LogP contribution >= 0.6 is 0 Å². The highest BCUT2D eigenvalue weighted by Crippen LogP contribution is 2.35. The molecule has 0 saturated carbocycles. The lowest BCUT2D eigenvalue weighted by atomic mass is 10.2. The summed E-state index contributed by atoms with van der Waals surface area (Å²) in [6.45, 7) is 1.75. The van der Waals surface area contributed by atoms with Crippen molar-refractivity contribution >= 4 is 29.5 Å². The fraction of sp³-hybridized carbons (Fsp3) is 0.235. The zero-order valence-corrected chi connectivity index (χ0v) is 14.4. The Balaban J connectivity index is 1.98. The van der Waals surface area contributed by atoms with Gasteiger partial charge in [0.25, 0.3) is 5.91 Å². The van der Waals surface area contributed by atoms with Crippen molar-refractivity contribution in [3.63, 3.8) is 0 Å². The zero-order valence-electron chi connectivity index (χ0n) is 14.4. The monoisotopic (exact) mass is 375 g/mol. The number of ether oxygens (including phenoxy) is 2. The van der Waals surface area contributed by atoms with Gasteiger partial charge in [-0.1, -0.05) is 0 Å². The van der Waals surface area contributed by atoms with Crippen molar-refractivity contribution in [1.82, 2.24) is 4.98 Å². The molecule has 2 heterocycles. The third-order valence-corrected chi connectivity index (χ3v) is 4.02. The molecule has 142 valence electrons. The molecule has 1 aromatic heterocycles. The number of nitrogens with one attached hydrogen (secondary N) is 1. The SMILES string of the molecule is CC(CC=O)N(N)c1nc(Nc2ccc3c(c2)OCO3)c(C(N)=O)cc1F. The molecule has 0 spiro atoms. The number of aromatic nitrogens is 1. The van der Waals surface area contributed by atoms with Gasteiger partial charge >= 0.3 is 0 Å². The predicted octanol–water partition coefficient (Wildman–Crippen LogP) is 1.45. The maximum absolute atomic E-state index is 14.4. The number of fused-ring (bicyclic) bond motifs is 1. The van der Waals surface area contributed by atoms with Gasteiger partial charge in [-0.05, 0) is 25.1 Å². The Bertz CT molecular complexity index is 892. The van der Waals surface area contributed by atoms with Gasteiger partial charge in [-0.25, -0.2) is 15.2 Å². The van der Waals surface area contributed by atoms with E-state index < -0.39 is 17.8 Å². The number of halogens is 1. The summed E-state index contributed by atoms with van der Waals surface area (Å²) in [6, 6.07) is 5.46. The highest BCUT2D eigenvalue weighted by Gasteiger charge is 2.22. The van der Waals surface area contributed by atoms with Gasteiger partial charge in [0, 0.05) is 18.2 Å². The van der Waals surface area contributed by atoms with Crippen molar-refractivity contribution in [2.24, 2.45) is 11.6 Å². The second-order valence-corrected chi connectivity index (χ2v) is 5.91. The van der Waals surface area contributed by atoms with Crippen LogP contribution in [0.5, 0.6) is 11.5 Å². The molecular formula is C17H18FN5O4. The molecule has 0 aliphatic carbocycles. The molecular weight excluding hydrogens is 357 g/mol. The molecule has 1 amide bonds. The number of pyridine rings is 1. The molecule has 1 atom stereocenters. The number of carbonyl (C=O) groups excluding carboxylic acids is 2. The van der Waals surface area contributed by atoms with E-state index in [1.165, 1.54) is 0 Å². The lowest BCUT2D eigenvalue weighted by molar-refractivity contribution is -0.108. The largest absolute Gasteiger partial charge is 0.454 e. The van der Waals surface area contributed by atoms with Gasteiger partial charge in [-0.15, -0.1) is 0 Å². The number of nitrogens with zero attached hydrogens (tertiary/aromatic N) is 2. The molecule has 1 aliphatic rings. The van der Waals surface area contributed by atoms with E-state index in [2.05, 4.69) is 10.3 Å². The van der Waals surface area contributed by atoms with Crippen LogP contribution in [-0.2, 0) is 4.79 Å². The third kappa shape index (κ3) is 3.75. The Labute approximate surface area is 154 Å². The van der Waals surface area contributed by atoms with Crippen LogP contribution in [-0.4, -0.2) is 30.0 Å². The quantitative estimate of drug-likeness (QED) is 0.376. The fourth-order valence-corrected chi connectivity index (χ4v) is 2.52. The third-order valence-electron chi connectivity index (χ3n) is 4.02. The number of hydrogen-bond donors (Lipinski definition) is 3. The Morgan fingerprint density at radius 2 is 2.15 bits per heavy atom. The fourth-order valence-electron chi connectivity index (χ4n) is 2.52. The molecule has 9 nitrogen and oxygen atoms in total. The average Bonchev–Trinajstić information content (AvgIpc) is 3.10. The van der Waals surface area contributed by atoms with Gasteiger partial charge in [-0.3, -0.25) is 9.80 Å². The van der Waals surface area contributed by atoms with Crippen LogP contribution in [0.15, 0.2) is 24.3 Å². The van der Waals surface area contributed by atoms with Crippen LogP contribution < -0.4 is 31.4 Å². The van der Waals surface area contributed by atoms with E-state index in [1.807, 2.05) is 0 Å². The minimum absolute atomic E-state index is 0.0199. The number of rotatable bonds is 7. The first-order valence-electron chi connectivity index (χ1n) is 8.05. The van der Waals surface area contributed by atoms with E-state index >= 15 is 0 Å². The first kappa shape index (κ1) is 18.4. The highest BCUT2D eigenvalue weighted by atomic mass is 19.1. The second kappa shape index (κ2) is 7.46. The molecule has 27 heavy (non-hydrogen) atoms. The van der Waals surface area contributed by atoms with Gasteiger partial charge in [0.15, 0.2) is 23.1 Å². The number of hydrazine groups is 1. The topological polar surface area (TPSA) is 133 Å². The number of amides is 1. The molecule has 2 aromatic rings. The van der Waals surface area contributed by atoms with E-state index in [0.717, 1.165) is 11.1 Å². The molecule has 0 saturated heterocycles. The van der Waals surface area contributed by atoms with E-state index in [4.69, 9.17) is 21.1 Å². The zero-order chi connectivity index (χ0) is 19.6. The highest BCUT2D eigenvalue weighted by molar-refractivity contribution is 5.98. The van der Waals surface area contributed by atoms with Crippen molar-refractivity contribution in [2.45, 2.75) is 19.4 Å². The first-order chi connectivity index (χ1) is 12.9. The minimum atomic E-state index is -0.860. The summed E-state index contributed by atoms with van der Waals surface area (Å²) in [5, 5.41) is 3.94. The minimum Gasteiger partial charge on any atom is -0.454 e. The molecule has 0 radical (unpaired) electrons. The number of primary amides is 1. The van der Waals surface area contributed by atoms with E-state index in [9.17, 15) is 14.0 Å². The summed E-state index contributed by atoms with van der Waals surface area (Å²) in [5.41, 5.74) is 5.72. The van der Waals surface area contributed by atoms with Crippen LogP contribution in [0, 0.1) is 5.82 Å². The number of aldehydes is 1. The van der Waals surface area contributed by atoms with Crippen molar-refractivity contribution in [3.05, 3.63) is 35.6 Å². The maximum atomic E-state index is 14.4.